The normalized spacial score (nSPS) is 19.3. The highest BCUT2D eigenvalue weighted by molar-refractivity contribution is 9.10. The summed E-state index contributed by atoms with van der Waals surface area (Å²) in [5.74, 6) is 0. The van der Waals surface area contributed by atoms with E-state index in [-0.39, 0.29) is 0 Å². The molecule has 0 N–H and O–H groups in total. The third-order valence-corrected chi connectivity index (χ3v) is 4.11. The zero-order chi connectivity index (χ0) is 7.71. The molecule has 1 atom stereocenters. The van der Waals surface area contributed by atoms with Crippen molar-refractivity contribution in [1.82, 2.24) is 0 Å². The lowest BCUT2D eigenvalue weighted by atomic mass is 9.98. The maximum absolute atomic E-state index is 11.0. The summed E-state index contributed by atoms with van der Waals surface area (Å²) in [4.78, 5) is 0. The van der Waals surface area contributed by atoms with E-state index in [1.807, 2.05) is 0 Å². The fraction of sp³-hybridized carbons (Fsp3) is 1.00. The van der Waals surface area contributed by atoms with E-state index in [9.17, 15) is 5.11 Å². The molecule has 0 amide bonds. The summed E-state index contributed by atoms with van der Waals surface area (Å²) in [5, 5.41) is 11.6. The van der Waals surface area contributed by atoms with Crippen LogP contribution in [-0.2, 0) is 5.11 Å². The summed E-state index contributed by atoms with van der Waals surface area (Å²) in [6.07, 6.45) is 0. The summed E-state index contributed by atoms with van der Waals surface area (Å²) >= 11 is 11.5. The highest BCUT2D eigenvalue weighted by Gasteiger charge is 2.40. The summed E-state index contributed by atoms with van der Waals surface area (Å²) < 4.78 is -1.57. The van der Waals surface area contributed by atoms with Gasteiger partial charge in [0.2, 0.25) is 3.97 Å². The van der Waals surface area contributed by atoms with E-state index < -0.39 is 9.38 Å². The Morgan fingerprint density at radius 3 is 1.89 bits per heavy atom. The number of hydrogen-bond acceptors (Lipinski definition) is 0. The third kappa shape index (κ3) is 2.74. The summed E-state index contributed by atoms with van der Waals surface area (Å²) in [7, 11) is 0. The van der Waals surface area contributed by atoms with Gasteiger partial charge in [-0.15, -0.1) is 0 Å². The van der Waals surface area contributed by atoms with Gasteiger partial charge in [-0.3, -0.25) is 0 Å². The molecule has 0 aromatic rings. The van der Waals surface area contributed by atoms with E-state index >= 15 is 0 Å². The standard InChI is InChI=1S/C5H8Br2ClO/c1-4(2,3-6)5(7,8)9/h3H2,1-2H3. The molecule has 0 aliphatic heterocycles. The van der Waals surface area contributed by atoms with Crippen molar-refractivity contribution in [3.63, 3.8) is 0 Å². The Kier molecular flexibility index (Phi) is 3.49. The first-order valence-corrected chi connectivity index (χ1v) is 4.75. The van der Waals surface area contributed by atoms with Gasteiger partial charge in [0.1, 0.15) is 0 Å². The first kappa shape index (κ1) is 10.2. The molecule has 0 saturated heterocycles. The minimum absolute atomic E-state index is 0.478. The van der Waals surface area contributed by atoms with E-state index in [0.29, 0.717) is 5.33 Å². The average molecular weight is 279 g/mol. The van der Waals surface area contributed by atoms with Crippen LogP contribution < -0.4 is 0 Å². The fourth-order valence-electron chi connectivity index (χ4n) is 0.0778. The van der Waals surface area contributed by atoms with Gasteiger partial charge in [-0.05, 0) is 15.9 Å². The topological polar surface area (TPSA) is 19.9 Å². The molecule has 55 valence electrons. The van der Waals surface area contributed by atoms with Crippen LogP contribution >= 0.6 is 43.5 Å². The van der Waals surface area contributed by atoms with Crippen molar-refractivity contribution < 1.29 is 5.11 Å². The van der Waals surface area contributed by atoms with Crippen molar-refractivity contribution >= 4 is 43.5 Å². The van der Waals surface area contributed by atoms with Crippen molar-refractivity contribution in [3.05, 3.63) is 0 Å². The molecule has 9 heavy (non-hydrogen) atoms. The summed E-state index contributed by atoms with van der Waals surface area (Å²) in [5.41, 5.74) is -0.478. The SMILES string of the molecule is CC(C)(CBr)C([O])(Cl)Br. The minimum atomic E-state index is -1.57. The summed E-state index contributed by atoms with van der Waals surface area (Å²) in [6, 6.07) is 0. The molecule has 0 aromatic heterocycles. The maximum Gasteiger partial charge on any atom is 0.236 e. The monoisotopic (exact) mass is 277 g/mol. The lowest BCUT2D eigenvalue weighted by molar-refractivity contribution is 0.0460. The second kappa shape index (κ2) is 3.07. The lowest BCUT2D eigenvalue weighted by Crippen LogP contribution is -2.33. The van der Waals surface area contributed by atoms with Crippen molar-refractivity contribution in [2.24, 2.45) is 5.41 Å². The zero-order valence-electron chi connectivity index (χ0n) is 5.25. The quantitative estimate of drug-likeness (QED) is 0.692. The van der Waals surface area contributed by atoms with Crippen molar-refractivity contribution in [3.8, 4) is 0 Å². The molecule has 0 heterocycles. The lowest BCUT2D eigenvalue weighted by Gasteiger charge is -2.28. The molecule has 1 nitrogen and oxygen atoms in total. The van der Waals surface area contributed by atoms with Crippen LogP contribution in [0.5, 0.6) is 0 Å². The highest BCUT2D eigenvalue weighted by atomic mass is 79.9. The molecule has 0 aliphatic carbocycles. The minimum Gasteiger partial charge on any atom is -0.198 e. The van der Waals surface area contributed by atoms with Crippen LogP contribution in [-0.4, -0.2) is 9.30 Å². The van der Waals surface area contributed by atoms with Gasteiger partial charge in [0.15, 0.2) is 0 Å². The van der Waals surface area contributed by atoms with Crippen LogP contribution in [0.3, 0.4) is 0 Å². The van der Waals surface area contributed by atoms with Crippen molar-refractivity contribution in [2.75, 3.05) is 5.33 Å². The number of halogens is 3. The molecule has 0 rings (SSSR count). The molecule has 0 spiro atoms. The van der Waals surface area contributed by atoms with Gasteiger partial charge >= 0.3 is 0 Å². The van der Waals surface area contributed by atoms with Gasteiger partial charge in [-0.2, -0.15) is 5.11 Å². The first-order chi connectivity index (χ1) is 3.81. The largest absolute Gasteiger partial charge is 0.236 e. The van der Waals surface area contributed by atoms with Crippen LogP contribution in [0.1, 0.15) is 13.8 Å². The van der Waals surface area contributed by atoms with Crippen LogP contribution in [0.4, 0.5) is 0 Å². The van der Waals surface area contributed by atoms with Gasteiger partial charge in [-0.1, -0.05) is 41.4 Å². The van der Waals surface area contributed by atoms with E-state index in [1.165, 1.54) is 0 Å². The predicted molar refractivity (Wildman–Crippen MR) is 45.8 cm³/mol. The Morgan fingerprint density at radius 2 is 1.89 bits per heavy atom. The molecule has 0 bridgehead atoms. The molecule has 4 heteroatoms. The molecule has 1 unspecified atom stereocenters. The van der Waals surface area contributed by atoms with Crippen molar-refractivity contribution in [2.45, 2.75) is 17.8 Å². The average Bonchev–Trinajstić information content (AvgIpc) is 1.64. The van der Waals surface area contributed by atoms with Crippen molar-refractivity contribution in [1.29, 1.82) is 0 Å². The summed E-state index contributed by atoms with van der Waals surface area (Å²) in [6.45, 7) is 3.58. The zero-order valence-corrected chi connectivity index (χ0v) is 9.18. The second-order valence-electron chi connectivity index (χ2n) is 2.53. The maximum atomic E-state index is 11.0. The van der Waals surface area contributed by atoms with Crippen LogP contribution in [0.15, 0.2) is 0 Å². The van der Waals surface area contributed by atoms with Gasteiger partial charge < -0.3 is 0 Å². The smallest absolute Gasteiger partial charge is 0.198 e. The Labute approximate surface area is 77.0 Å². The van der Waals surface area contributed by atoms with E-state index in [2.05, 4.69) is 31.9 Å². The number of hydrogen-bond donors (Lipinski definition) is 0. The second-order valence-corrected chi connectivity index (χ2v) is 5.20. The van der Waals surface area contributed by atoms with E-state index in [4.69, 9.17) is 11.6 Å². The highest BCUT2D eigenvalue weighted by Crippen LogP contribution is 2.41. The molecular weight excluding hydrogens is 271 g/mol. The Morgan fingerprint density at radius 1 is 1.56 bits per heavy atom. The molecule has 0 aliphatic rings. The predicted octanol–water partition coefficient (Wildman–Crippen LogP) is 3.13. The third-order valence-electron chi connectivity index (χ3n) is 1.12. The van der Waals surface area contributed by atoms with E-state index in [1.54, 1.807) is 13.8 Å². The molecule has 1 radical (unpaired) electrons. The van der Waals surface area contributed by atoms with E-state index in [0.717, 1.165) is 0 Å². The van der Waals surface area contributed by atoms with Crippen LogP contribution in [0, 0.1) is 5.41 Å². The van der Waals surface area contributed by atoms with Gasteiger partial charge in [0.05, 0.1) is 0 Å². The number of rotatable bonds is 2. The van der Waals surface area contributed by atoms with Crippen LogP contribution in [0.2, 0.25) is 0 Å². The first-order valence-electron chi connectivity index (χ1n) is 2.45. The van der Waals surface area contributed by atoms with Crippen LogP contribution in [0.25, 0.3) is 0 Å². The fourth-order valence-corrected chi connectivity index (χ4v) is 1.22. The Hall–Kier alpha value is 1.21. The van der Waals surface area contributed by atoms with Gasteiger partial charge in [-0.25, -0.2) is 0 Å². The molecule has 0 fully saturated rings. The molecule has 0 aromatic carbocycles. The Balaban J connectivity index is 4.14. The van der Waals surface area contributed by atoms with Gasteiger partial charge in [0.25, 0.3) is 0 Å². The Bertz CT molecular complexity index is 97.6. The van der Waals surface area contributed by atoms with Gasteiger partial charge in [0, 0.05) is 10.7 Å². The number of alkyl halides is 3. The molecular formula is C5H8Br2ClO. The molecule has 0 saturated carbocycles.